The van der Waals surface area contributed by atoms with Crippen LogP contribution in [-0.2, 0) is 4.79 Å². The van der Waals surface area contributed by atoms with Gasteiger partial charge >= 0.3 is 12.1 Å². The summed E-state index contributed by atoms with van der Waals surface area (Å²) in [5.41, 5.74) is 0.387. The standard InChI is InChI=1S/C11H13N3O2.C2HF3O2/c15-10-2-1-7(4-13-10)11(16)14-8-3-9(14)6-12-5-8;3-2(4,5)1(6)7/h1-2,4,8-9,12H,3,5-6H2,(H,13,15);(H,6,7). The SMILES string of the molecule is O=C(O)C(F)(F)F.O=C(c1ccc(=O)[nH]c1)N1C2CNCC1C2. The Morgan fingerprint density at radius 3 is 2.17 bits per heavy atom. The quantitative estimate of drug-likeness (QED) is 0.681. The van der Waals surface area contributed by atoms with Gasteiger partial charge in [0.1, 0.15) is 0 Å². The number of aromatic amines is 1. The van der Waals surface area contributed by atoms with E-state index in [-0.39, 0.29) is 11.5 Å². The number of amides is 1. The van der Waals surface area contributed by atoms with E-state index in [1.165, 1.54) is 12.3 Å². The fourth-order valence-corrected chi connectivity index (χ4v) is 2.51. The van der Waals surface area contributed by atoms with Gasteiger partial charge in [-0.05, 0) is 12.5 Å². The molecule has 3 rings (SSSR count). The number of nitrogens with zero attached hydrogens (tertiary/aromatic N) is 1. The molecule has 1 amide bonds. The zero-order chi connectivity index (χ0) is 17.2. The molecular formula is C13H14F3N3O4. The summed E-state index contributed by atoms with van der Waals surface area (Å²) < 4.78 is 31.7. The molecule has 2 saturated heterocycles. The van der Waals surface area contributed by atoms with Crippen molar-refractivity contribution < 1.29 is 27.9 Å². The van der Waals surface area contributed by atoms with E-state index < -0.39 is 12.1 Å². The minimum atomic E-state index is -5.08. The van der Waals surface area contributed by atoms with Crippen LogP contribution >= 0.6 is 0 Å². The van der Waals surface area contributed by atoms with E-state index >= 15 is 0 Å². The van der Waals surface area contributed by atoms with Crippen LogP contribution in [0.2, 0.25) is 0 Å². The van der Waals surface area contributed by atoms with Gasteiger partial charge < -0.3 is 20.3 Å². The number of fused-ring (bicyclic) bond motifs is 2. The van der Waals surface area contributed by atoms with Crippen molar-refractivity contribution in [3.8, 4) is 0 Å². The number of alkyl halides is 3. The largest absolute Gasteiger partial charge is 0.490 e. The van der Waals surface area contributed by atoms with E-state index in [1.54, 1.807) is 6.07 Å². The van der Waals surface area contributed by atoms with Gasteiger partial charge in [-0.1, -0.05) is 0 Å². The van der Waals surface area contributed by atoms with Crippen LogP contribution in [0.25, 0.3) is 0 Å². The fraction of sp³-hybridized carbons (Fsp3) is 0.462. The zero-order valence-electron chi connectivity index (χ0n) is 11.8. The lowest BCUT2D eigenvalue weighted by Gasteiger charge is -2.53. The van der Waals surface area contributed by atoms with Crippen LogP contribution in [0.1, 0.15) is 16.8 Å². The van der Waals surface area contributed by atoms with Crippen molar-refractivity contribution in [3.63, 3.8) is 0 Å². The van der Waals surface area contributed by atoms with Gasteiger partial charge in [-0.15, -0.1) is 0 Å². The van der Waals surface area contributed by atoms with Crippen molar-refractivity contribution in [2.45, 2.75) is 24.7 Å². The number of nitrogens with one attached hydrogen (secondary N) is 2. The first kappa shape index (κ1) is 17.0. The van der Waals surface area contributed by atoms with Gasteiger partial charge in [-0.2, -0.15) is 13.2 Å². The molecule has 1 aromatic rings. The smallest absolute Gasteiger partial charge is 0.475 e. The fourth-order valence-electron chi connectivity index (χ4n) is 2.51. The maximum atomic E-state index is 12.1. The normalized spacial score (nSPS) is 22.5. The van der Waals surface area contributed by atoms with Crippen molar-refractivity contribution in [2.75, 3.05) is 13.1 Å². The molecule has 3 heterocycles. The lowest BCUT2D eigenvalue weighted by molar-refractivity contribution is -0.192. The molecule has 0 radical (unpaired) electrons. The Labute approximate surface area is 128 Å². The molecule has 2 bridgehead atoms. The number of carboxylic acid groups (broad SMARTS) is 1. The molecule has 2 fully saturated rings. The number of aliphatic carboxylic acids is 1. The van der Waals surface area contributed by atoms with E-state index in [4.69, 9.17) is 9.90 Å². The topological polar surface area (TPSA) is 102 Å². The second-order valence-corrected chi connectivity index (χ2v) is 5.16. The van der Waals surface area contributed by atoms with Crippen molar-refractivity contribution >= 4 is 11.9 Å². The number of pyridine rings is 1. The Kier molecular flexibility index (Phi) is 4.73. The molecule has 2 aliphatic heterocycles. The molecular weight excluding hydrogens is 319 g/mol. The molecule has 23 heavy (non-hydrogen) atoms. The number of aromatic nitrogens is 1. The van der Waals surface area contributed by atoms with Crippen molar-refractivity contribution in [1.82, 2.24) is 15.2 Å². The summed E-state index contributed by atoms with van der Waals surface area (Å²) in [5, 5.41) is 10.4. The van der Waals surface area contributed by atoms with Crippen LogP contribution in [-0.4, -0.2) is 58.2 Å². The van der Waals surface area contributed by atoms with Crippen LogP contribution in [0.5, 0.6) is 0 Å². The molecule has 7 nitrogen and oxygen atoms in total. The van der Waals surface area contributed by atoms with E-state index in [0.29, 0.717) is 17.6 Å². The average molecular weight is 333 g/mol. The summed E-state index contributed by atoms with van der Waals surface area (Å²) in [6.45, 7) is 1.76. The highest BCUT2D eigenvalue weighted by Gasteiger charge is 2.44. The van der Waals surface area contributed by atoms with Gasteiger partial charge in [-0.25, -0.2) is 4.79 Å². The van der Waals surface area contributed by atoms with Crippen LogP contribution < -0.4 is 10.9 Å². The summed E-state index contributed by atoms with van der Waals surface area (Å²) >= 11 is 0. The Hall–Kier alpha value is -2.36. The molecule has 3 N–H and O–H groups in total. The van der Waals surface area contributed by atoms with E-state index in [1.807, 2.05) is 4.90 Å². The molecule has 1 aromatic heterocycles. The number of hydrogen-bond acceptors (Lipinski definition) is 4. The highest BCUT2D eigenvalue weighted by molar-refractivity contribution is 5.95. The van der Waals surface area contributed by atoms with Crippen LogP contribution in [0.3, 0.4) is 0 Å². The summed E-state index contributed by atoms with van der Waals surface area (Å²) in [4.78, 5) is 36.4. The highest BCUT2D eigenvalue weighted by atomic mass is 19.4. The third-order valence-corrected chi connectivity index (χ3v) is 3.60. The maximum absolute atomic E-state index is 12.1. The number of halogens is 3. The highest BCUT2D eigenvalue weighted by Crippen LogP contribution is 2.29. The molecule has 2 unspecified atom stereocenters. The van der Waals surface area contributed by atoms with Crippen LogP contribution in [0.15, 0.2) is 23.1 Å². The summed E-state index contributed by atoms with van der Waals surface area (Å²) in [5.74, 6) is -2.73. The predicted molar refractivity (Wildman–Crippen MR) is 72.0 cm³/mol. The van der Waals surface area contributed by atoms with E-state index in [2.05, 4.69) is 10.3 Å². The second kappa shape index (κ2) is 6.41. The molecule has 126 valence electrons. The number of carbonyl (C=O) groups is 2. The molecule has 0 saturated carbocycles. The van der Waals surface area contributed by atoms with Crippen molar-refractivity contribution in [2.24, 2.45) is 0 Å². The van der Waals surface area contributed by atoms with Crippen LogP contribution in [0.4, 0.5) is 13.2 Å². The Morgan fingerprint density at radius 1 is 1.22 bits per heavy atom. The van der Waals surface area contributed by atoms with Gasteiger partial charge in [0.25, 0.3) is 5.91 Å². The summed E-state index contributed by atoms with van der Waals surface area (Å²) in [6.07, 6.45) is -2.49. The molecule has 0 aromatic carbocycles. The number of H-pyrrole nitrogens is 1. The number of carbonyl (C=O) groups excluding carboxylic acids is 1. The van der Waals surface area contributed by atoms with Gasteiger partial charge in [0.05, 0.1) is 5.56 Å². The monoisotopic (exact) mass is 333 g/mol. The Bertz CT molecular complexity index is 624. The Balaban J connectivity index is 0.000000236. The van der Waals surface area contributed by atoms with E-state index in [9.17, 15) is 22.8 Å². The molecule has 10 heteroatoms. The van der Waals surface area contributed by atoms with Crippen LogP contribution in [0, 0.1) is 0 Å². The maximum Gasteiger partial charge on any atom is 0.490 e. The second-order valence-electron chi connectivity index (χ2n) is 5.16. The van der Waals surface area contributed by atoms with Gasteiger partial charge in [0, 0.05) is 37.4 Å². The minimum Gasteiger partial charge on any atom is -0.475 e. The average Bonchev–Trinajstić information content (AvgIpc) is 2.48. The number of hydrogen-bond donors (Lipinski definition) is 3. The van der Waals surface area contributed by atoms with Crippen molar-refractivity contribution in [3.05, 3.63) is 34.2 Å². The lowest BCUT2D eigenvalue weighted by Crippen LogP contribution is -2.69. The zero-order valence-corrected chi connectivity index (χ0v) is 11.8. The molecule has 2 aliphatic rings. The first-order valence-corrected chi connectivity index (χ1v) is 6.72. The minimum absolute atomic E-state index is 0.0269. The molecule has 0 spiro atoms. The van der Waals surface area contributed by atoms with Crippen molar-refractivity contribution in [1.29, 1.82) is 0 Å². The lowest BCUT2D eigenvalue weighted by atomic mass is 9.88. The first-order valence-electron chi connectivity index (χ1n) is 6.72. The number of rotatable bonds is 1. The number of piperazine rings is 1. The van der Waals surface area contributed by atoms with Gasteiger partial charge in [-0.3, -0.25) is 9.59 Å². The third kappa shape index (κ3) is 3.89. The van der Waals surface area contributed by atoms with Gasteiger partial charge in [0.2, 0.25) is 5.56 Å². The van der Waals surface area contributed by atoms with E-state index in [0.717, 1.165) is 19.5 Å². The Morgan fingerprint density at radius 2 is 1.78 bits per heavy atom. The molecule has 0 aliphatic carbocycles. The molecule has 2 atom stereocenters. The van der Waals surface area contributed by atoms with Gasteiger partial charge in [0.15, 0.2) is 0 Å². The first-order chi connectivity index (χ1) is 10.7. The third-order valence-electron chi connectivity index (χ3n) is 3.60. The summed E-state index contributed by atoms with van der Waals surface area (Å²) in [7, 11) is 0. The number of carboxylic acids is 1. The number of piperidine rings is 1. The predicted octanol–water partition coefficient (Wildman–Crippen LogP) is 0.194. The summed E-state index contributed by atoms with van der Waals surface area (Å²) in [6, 6.07) is 3.64.